The Balaban J connectivity index is 2.41. The van der Waals surface area contributed by atoms with Gasteiger partial charge in [0.1, 0.15) is 0 Å². The summed E-state index contributed by atoms with van der Waals surface area (Å²) in [6.45, 7) is 8.75. The maximum atomic E-state index is 12.0. The van der Waals surface area contributed by atoms with Gasteiger partial charge in [-0.3, -0.25) is 14.5 Å². The van der Waals surface area contributed by atoms with E-state index in [4.69, 9.17) is 9.84 Å². The zero-order chi connectivity index (χ0) is 17.8. The van der Waals surface area contributed by atoms with E-state index >= 15 is 0 Å². The van der Waals surface area contributed by atoms with Crippen LogP contribution in [0.4, 0.5) is 0 Å². The topological polar surface area (TPSA) is 70.1 Å². The molecule has 1 fully saturated rings. The van der Waals surface area contributed by atoms with E-state index in [1.165, 1.54) is 0 Å². The van der Waals surface area contributed by atoms with Gasteiger partial charge in [-0.2, -0.15) is 0 Å². The molecular formula is C17H28N2O4. The molecular weight excluding hydrogens is 296 g/mol. The predicted octanol–water partition coefficient (Wildman–Crippen LogP) is 0.914. The summed E-state index contributed by atoms with van der Waals surface area (Å²) in [7, 11) is 3.83. The van der Waals surface area contributed by atoms with E-state index in [1.807, 2.05) is 46.7 Å². The Morgan fingerprint density at radius 2 is 1.91 bits per heavy atom. The first-order valence-electron chi connectivity index (χ1n) is 7.88. The van der Waals surface area contributed by atoms with Gasteiger partial charge >= 0.3 is 5.97 Å². The van der Waals surface area contributed by atoms with E-state index in [9.17, 15) is 9.59 Å². The number of carboxylic acids is 1. The second-order valence-electron chi connectivity index (χ2n) is 7.06. The first-order chi connectivity index (χ1) is 10.5. The van der Waals surface area contributed by atoms with Crippen LogP contribution in [-0.2, 0) is 14.3 Å². The number of carboxylic acid groups (broad SMARTS) is 1. The standard InChI is InChI=1S/C17H28N2O4/c1-12(2)14(16(21)22)11-23-13-9-19(10-13)15(20)7-8-17(3,4)18(5)6/h12-14H,9-11H2,1-6H3,(H,21,22)/t14-/m0/s1. The molecule has 1 N–H and O–H groups in total. The minimum atomic E-state index is -0.843. The van der Waals surface area contributed by atoms with Gasteiger partial charge < -0.3 is 14.7 Å². The number of ether oxygens (including phenoxy) is 1. The van der Waals surface area contributed by atoms with Crippen molar-refractivity contribution in [2.75, 3.05) is 33.8 Å². The molecule has 1 saturated heterocycles. The van der Waals surface area contributed by atoms with Crippen molar-refractivity contribution >= 4 is 11.9 Å². The van der Waals surface area contributed by atoms with Crippen LogP contribution in [-0.4, -0.2) is 72.2 Å². The number of hydrogen-bond donors (Lipinski definition) is 1. The summed E-state index contributed by atoms with van der Waals surface area (Å²) in [5.74, 6) is 4.09. The van der Waals surface area contributed by atoms with Gasteiger partial charge in [-0.1, -0.05) is 19.8 Å². The van der Waals surface area contributed by atoms with Crippen LogP contribution in [0.5, 0.6) is 0 Å². The Kier molecular flexibility index (Phi) is 6.60. The molecule has 0 radical (unpaired) electrons. The molecule has 6 nitrogen and oxygen atoms in total. The number of amides is 1. The van der Waals surface area contributed by atoms with Crippen LogP contribution in [0.1, 0.15) is 27.7 Å². The smallest absolute Gasteiger partial charge is 0.309 e. The molecule has 1 atom stereocenters. The van der Waals surface area contributed by atoms with Gasteiger partial charge in [0.2, 0.25) is 0 Å². The SMILES string of the molecule is CC(C)[C@H](COC1CN(C(=O)C#CC(C)(C)N(C)C)C1)C(=O)O. The lowest BCUT2D eigenvalue weighted by Gasteiger charge is -2.38. The monoisotopic (exact) mass is 324 g/mol. The van der Waals surface area contributed by atoms with E-state index in [0.29, 0.717) is 13.1 Å². The molecule has 0 aliphatic carbocycles. The maximum absolute atomic E-state index is 12.0. The van der Waals surface area contributed by atoms with Crippen LogP contribution in [0, 0.1) is 23.7 Å². The fraction of sp³-hybridized carbons (Fsp3) is 0.765. The molecule has 1 heterocycles. The van der Waals surface area contributed by atoms with Gasteiger partial charge in [0.05, 0.1) is 24.2 Å². The molecule has 0 aromatic carbocycles. The van der Waals surface area contributed by atoms with Gasteiger partial charge in [0.15, 0.2) is 0 Å². The Morgan fingerprint density at radius 1 is 1.35 bits per heavy atom. The summed E-state index contributed by atoms with van der Waals surface area (Å²) < 4.78 is 5.60. The highest BCUT2D eigenvalue weighted by atomic mass is 16.5. The number of carbonyl (C=O) groups excluding carboxylic acids is 1. The summed E-state index contributed by atoms with van der Waals surface area (Å²) in [5.41, 5.74) is -0.359. The molecule has 0 bridgehead atoms. The van der Waals surface area contributed by atoms with E-state index in [1.54, 1.807) is 4.90 Å². The molecule has 1 amide bonds. The Bertz CT molecular complexity index is 496. The van der Waals surface area contributed by atoms with E-state index < -0.39 is 11.9 Å². The average molecular weight is 324 g/mol. The lowest BCUT2D eigenvalue weighted by Crippen LogP contribution is -2.55. The molecule has 130 valence electrons. The highest BCUT2D eigenvalue weighted by Crippen LogP contribution is 2.17. The fourth-order valence-corrected chi connectivity index (χ4v) is 1.90. The summed E-state index contributed by atoms with van der Waals surface area (Å²) in [6.07, 6.45) is -0.0943. The van der Waals surface area contributed by atoms with Gasteiger partial charge in [0.25, 0.3) is 5.91 Å². The summed E-state index contributed by atoms with van der Waals surface area (Å²) in [5, 5.41) is 9.11. The fourth-order valence-electron chi connectivity index (χ4n) is 1.90. The number of carbonyl (C=O) groups is 2. The van der Waals surface area contributed by atoms with E-state index in [2.05, 4.69) is 11.8 Å². The van der Waals surface area contributed by atoms with Gasteiger partial charge in [-0.25, -0.2) is 0 Å². The van der Waals surface area contributed by atoms with Crippen molar-refractivity contribution in [2.45, 2.75) is 39.3 Å². The lowest BCUT2D eigenvalue weighted by molar-refractivity contribution is -0.152. The van der Waals surface area contributed by atoms with Crippen LogP contribution in [0.25, 0.3) is 0 Å². The predicted molar refractivity (Wildman–Crippen MR) is 87.8 cm³/mol. The largest absolute Gasteiger partial charge is 0.481 e. The molecule has 1 aliphatic heterocycles. The van der Waals surface area contributed by atoms with Crippen molar-refractivity contribution in [3.8, 4) is 11.8 Å². The lowest BCUT2D eigenvalue weighted by atomic mass is 9.97. The minimum Gasteiger partial charge on any atom is -0.481 e. The third-order valence-corrected chi connectivity index (χ3v) is 4.36. The Hall–Kier alpha value is -1.58. The van der Waals surface area contributed by atoms with Crippen LogP contribution < -0.4 is 0 Å². The van der Waals surface area contributed by atoms with E-state index in [0.717, 1.165) is 0 Å². The van der Waals surface area contributed by atoms with Gasteiger partial charge in [-0.05, 0) is 39.8 Å². The first kappa shape index (κ1) is 19.5. The number of aliphatic carboxylic acids is 1. The van der Waals surface area contributed by atoms with Crippen molar-refractivity contribution in [1.82, 2.24) is 9.80 Å². The molecule has 6 heteroatoms. The van der Waals surface area contributed by atoms with Crippen molar-refractivity contribution in [3.05, 3.63) is 0 Å². The van der Waals surface area contributed by atoms with Gasteiger partial charge in [0, 0.05) is 13.1 Å². The van der Waals surface area contributed by atoms with E-state index in [-0.39, 0.29) is 30.1 Å². The van der Waals surface area contributed by atoms with Crippen LogP contribution >= 0.6 is 0 Å². The molecule has 0 unspecified atom stereocenters. The van der Waals surface area contributed by atoms with Crippen LogP contribution in [0.2, 0.25) is 0 Å². The Labute approximate surface area is 138 Å². The van der Waals surface area contributed by atoms with Crippen molar-refractivity contribution < 1.29 is 19.4 Å². The molecule has 0 aromatic rings. The summed E-state index contributed by atoms with van der Waals surface area (Å²) in [4.78, 5) is 26.6. The zero-order valence-electron chi connectivity index (χ0n) is 14.9. The Morgan fingerprint density at radius 3 is 2.35 bits per heavy atom. The highest BCUT2D eigenvalue weighted by molar-refractivity contribution is 5.94. The van der Waals surface area contributed by atoms with Crippen molar-refractivity contribution in [2.24, 2.45) is 11.8 Å². The van der Waals surface area contributed by atoms with Crippen molar-refractivity contribution in [3.63, 3.8) is 0 Å². The average Bonchev–Trinajstić information content (AvgIpc) is 2.37. The third-order valence-electron chi connectivity index (χ3n) is 4.36. The summed E-state index contributed by atoms with van der Waals surface area (Å²) in [6, 6.07) is 0. The molecule has 1 rings (SSSR count). The normalized spacial score (nSPS) is 16.8. The maximum Gasteiger partial charge on any atom is 0.309 e. The van der Waals surface area contributed by atoms with Crippen molar-refractivity contribution in [1.29, 1.82) is 0 Å². The van der Waals surface area contributed by atoms with Crippen LogP contribution in [0.15, 0.2) is 0 Å². The quantitative estimate of drug-likeness (QED) is 0.736. The second kappa shape index (κ2) is 7.80. The molecule has 0 spiro atoms. The number of rotatable bonds is 6. The highest BCUT2D eigenvalue weighted by Gasteiger charge is 2.32. The summed E-state index contributed by atoms with van der Waals surface area (Å²) >= 11 is 0. The second-order valence-corrected chi connectivity index (χ2v) is 7.06. The van der Waals surface area contributed by atoms with Gasteiger partial charge in [-0.15, -0.1) is 0 Å². The van der Waals surface area contributed by atoms with Crippen LogP contribution in [0.3, 0.4) is 0 Å². The number of hydrogen-bond acceptors (Lipinski definition) is 4. The minimum absolute atomic E-state index is 0.0180. The first-order valence-corrected chi connectivity index (χ1v) is 7.88. The number of nitrogens with zero attached hydrogens (tertiary/aromatic N) is 2. The molecule has 1 aliphatic rings. The molecule has 0 aromatic heterocycles. The zero-order valence-corrected chi connectivity index (χ0v) is 14.9. The molecule has 23 heavy (non-hydrogen) atoms. The molecule has 0 saturated carbocycles. The number of likely N-dealkylation sites (tertiary alicyclic amines) is 1. The third kappa shape index (κ3) is 5.52.